The van der Waals surface area contributed by atoms with Crippen LogP contribution in [-0.4, -0.2) is 7.05 Å². The van der Waals surface area contributed by atoms with Crippen LogP contribution in [-0.2, 0) is 6.54 Å². The lowest BCUT2D eigenvalue weighted by molar-refractivity contribution is 0.923. The number of nitriles is 1. The standard InChI is InChI=1S/C15H13BrClN3/c1-20(9-11-6-12(19)3-5-15(11)17)13-4-2-10(8-18)14(16)7-13/h2-7H,9,19H2,1H3. The number of hydrogen-bond donors (Lipinski definition) is 1. The van der Waals surface area contributed by atoms with Crippen molar-refractivity contribution in [3.63, 3.8) is 0 Å². The van der Waals surface area contributed by atoms with Crippen LogP contribution in [0.4, 0.5) is 11.4 Å². The maximum absolute atomic E-state index is 8.93. The second-order valence-electron chi connectivity index (χ2n) is 4.48. The van der Waals surface area contributed by atoms with Gasteiger partial charge in [-0.1, -0.05) is 11.6 Å². The van der Waals surface area contributed by atoms with Crippen molar-refractivity contribution in [1.29, 1.82) is 5.26 Å². The molecule has 5 heteroatoms. The Morgan fingerprint density at radius 2 is 2.05 bits per heavy atom. The van der Waals surface area contributed by atoms with Crippen LogP contribution in [0.15, 0.2) is 40.9 Å². The SMILES string of the molecule is CN(Cc1cc(N)ccc1Cl)c1ccc(C#N)c(Br)c1. The Hall–Kier alpha value is -1.70. The maximum Gasteiger partial charge on any atom is 0.100 e. The number of halogens is 2. The van der Waals surface area contributed by atoms with Gasteiger partial charge in [-0.05, 0) is 57.9 Å². The molecule has 0 spiro atoms. The van der Waals surface area contributed by atoms with E-state index in [-0.39, 0.29) is 0 Å². The minimum atomic E-state index is 0.615. The molecule has 0 aliphatic carbocycles. The normalized spacial score (nSPS) is 10.1. The van der Waals surface area contributed by atoms with E-state index in [2.05, 4.69) is 22.0 Å². The van der Waals surface area contributed by atoms with Crippen molar-refractivity contribution in [2.24, 2.45) is 0 Å². The number of nitrogens with two attached hydrogens (primary N) is 1. The molecular formula is C15H13BrClN3. The summed E-state index contributed by atoms with van der Waals surface area (Å²) in [6, 6.07) is 13.2. The minimum Gasteiger partial charge on any atom is -0.399 e. The van der Waals surface area contributed by atoms with E-state index in [1.165, 1.54) is 0 Å². The van der Waals surface area contributed by atoms with E-state index in [1.54, 1.807) is 18.2 Å². The first-order valence-corrected chi connectivity index (χ1v) is 7.13. The lowest BCUT2D eigenvalue weighted by Crippen LogP contribution is -2.16. The van der Waals surface area contributed by atoms with E-state index in [1.807, 2.05) is 30.1 Å². The van der Waals surface area contributed by atoms with Gasteiger partial charge in [-0.2, -0.15) is 5.26 Å². The molecule has 0 amide bonds. The zero-order chi connectivity index (χ0) is 14.7. The molecule has 2 N–H and O–H groups in total. The lowest BCUT2D eigenvalue weighted by atomic mass is 10.1. The van der Waals surface area contributed by atoms with E-state index in [0.717, 1.165) is 15.7 Å². The number of hydrogen-bond acceptors (Lipinski definition) is 3. The molecule has 0 aromatic heterocycles. The highest BCUT2D eigenvalue weighted by atomic mass is 79.9. The highest BCUT2D eigenvalue weighted by molar-refractivity contribution is 9.10. The Balaban J connectivity index is 2.24. The van der Waals surface area contributed by atoms with Gasteiger partial charge in [0.15, 0.2) is 0 Å². The van der Waals surface area contributed by atoms with Crippen LogP contribution in [0, 0.1) is 11.3 Å². The van der Waals surface area contributed by atoms with Gasteiger partial charge in [0.2, 0.25) is 0 Å². The monoisotopic (exact) mass is 349 g/mol. The fourth-order valence-corrected chi connectivity index (χ4v) is 2.53. The number of nitrogens with zero attached hydrogens (tertiary/aromatic N) is 2. The first-order chi connectivity index (χ1) is 9.51. The van der Waals surface area contributed by atoms with Crippen molar-refractivity contribution in [2.75, 3.05) is 17.7 Å². The van der Waals surface area contributed by atoms with Crippen LogP contribution in [0.5, 0.6) is 0 Å². The molecule has 0 radical (unpaired) electrons. The predicted molar refractivity (Wildman–Crippen MR) is 86.8 cm³/mol. The molecule has 0 unspecified atom stereocenters. The van der Waals surface area contributed by atoms with Crippen LogP contribution >= 0.6 is 27.5 Å². The van der Waals surface area contributed by atoms with Crippen molar-refractivity contribution in [3.05, 3.63) is 57.0 Å². The summed E-state index contributed by atoms with van der Waals surface area (Å²) in [7, 11) is 1.97. The topological polar surface area (TPSA) is 53.0 Å². The average molecular weight is 351 g/mol. The number of benzene rings is 2. The van der Waals surface area contributed by atoms with Gasteiger partial charge in [0.05, 0.1) is 5.56 Å². The molecule has 2 aromatic carbocycles. The van der Waals surface area contributed by atoms with E-state index in [9.17, 15) is 0 Å². The largest absolute Gasteiger partial charge is 0.399 e. The molecule has 102 valence electrons. The van der Waals surface area contributed by atoms with E-state index in [4.69, 9.17) is 22.6 Å². The van der Waals surface area contributed by atoms with E-state index >= 15 is 0 Å². The molecule has 2 aromatic rings. The lowest BCUT2D eigenvalue weighted by Gasteiger charge is -2.20. The van der Waals surface area contributed by atoms with Gasteiger partial charge >= 0.3 is 0 Å². The van der Waals surface area contributed by atoms with Crippen molar-refractivity contribution < 1.29 is 0 Å². The van der Waals surface area contributed by atoms with Gasteiger partial charge in [-0.3, -0.25) is 0 Å². The summed E-state index contributed by atoms with van der Waals surface area (Å²) in [5.74, 6) is 0. The third-order valence-electron chi connectivity index (χ3n) is 2.99. The number of anilines is 2. The molecule has 0 heterocycles. The molecule has 3 nitrogen and oxygen atoms in total. The third-order valence-corrected chi connectivity index (χ3v) is 4.02. The molecular weight excluding hydrogens is 338 g/mol. The summed E-state index contributed by atoms with van der Waals surface area (Å²) in [5, 5.41) is 9.62. The Morgan fingerprint density at radius 1 is 1.30 bits per heavy atom. The predicted octanol–water partition coefficient (Wildman–Crippen LogP) is 4.19. The average Bonchev–Trinajstić information content (AvgIpc) is 2.42. The van der Waals surface area contributed by atoms with Crippen LogP contribution in [0.25, 0.3) is 0 Å². The van der Waals surface area contributed by atoms with E-state index < -0.39 is 0 Å². The summed E-state index contributed by atoms with van der Waals surface area (Å²) in [5.41, 5.74) is 9.05. The van der Waals surface area contributed by atoms with Gasteiger partial charge in [-0.15, -0.1) is 0 Å². The summed E-state index contributed by atoms with van der Waals surface area (Å²) in [4.78, 5) is 2.05. The minimum absolute atomic E-state index is 0.615. The highest BCUT2D eigenvalue weighted by Gasteiger charge is 2.08. The number of nitrogen functional groups attached to an aromatic ring is 1. The Labute approximate surface area is 131 Å². The van der Waals surface area contributed by atoms with Crippen molar-refractivity contribution in [1.82, 2.24) is 0 Å². The first-order valence-electron chi connectivity index (χ1n) is 5.96. The van der Waals surface area contributed by atoms with Crippen LogP contribution in [0.1, 0.15) is 11.1 Å². The highest BCUT2D eigenvalue weighted by Crippen LogP contribution is 2.26. The summed E-state index contributed by atoms with van der Waals surface area (Å²) >= 11 is 9.56. The van der Waals surface area contributed by atoms with Crippen LogP contribution < -0.4 is 10.6 Å². The third kappa shape index (κ3) is 3.24. The number of rotatable bonds is 3. The molecule has 0 fully saturated rings. The Bertz CT molecular complexity index is 679. The van der Waals surface area contributed by atoms with Crippen LogP contribution in [0.2, 0.25) is 5.02 Å². The van der Waals surface area contributed by atoms with E-state index in [0.29, 0.717) is 22.8 Å². The van der Waals surface area contributed by atoms with Gasteiger partial charge in [0.1, 0.15) is 6.07 Å². The van der Waals surface area contributed by atoms with Crippen LogP contribution in [0.3, 0.4) is 0 Å². The smallest absolute Gasteiger partial charge is 0.100 e. The molecule has 2 rings (SSSR count). The summed E-state index contributed by atoms with van der Waals surface area (Å²) < 4.78 is 0.781. The molecule has 0 atom stereocenters. The zero-order valence-electron chi connectivity index (χ0n) is 10.9. The van der Waals surface area contributed by atoms with Gasteiger partial charge in [0, 0.05) is 34.5 Å². The second kappa shape index (κ2) is 6.17. The summed E-state index contributed by atoms with van der Waals surface area (Å²) in [6.07, 6.45) is 0. The molecule has 0 saturated heterocycles. The molecule has 0 aliphatic heterocycles. The first kappa shape index (κ1) is 14.7. The Kier molecular flexibility index (Phi) is 4.53. The fourth-order valence-electron chi connectivity index (χ4n) is 1.89. The quantitative estimate of drug-likeness (QED) is 0.844. The van der Waals surface area contributed by atoms with Crippen molar-refractivity contribution in [2.45, 2.75) is 6.54 Å². The Morgan fingerprint density at radius 3 is 2.70 bits per heavy atom. The van der Waals surface area contributed by atoms with Crippen molar-refractivity contribution >= 4 is 38.9 Å². The van der Waals surface area contributed by atoms with Gasteiger partial charge in [-0.25, -0.2) is 0 Å². The van der Waals surface area contributed by atoms with Gasteiger partial charge < -0.3 is 10.6 Å². The maximum atomic E-state index is 8.93. The summed E-state index contributed by atoms with van der Waals surface area (Å²) in [6.45, 7) is 0.641. The van der Waals surface area contributed by atoms with Crippen molar-refractivity contribution in [3.8, 4) is 6.07 Å². The zero-order valence-corrected chi connectivity index (χ0v) is 13.2. The molecule has 20 heavy (non-hydrogen) atoms. The fraction of sp³-hybridized carbons (Fsp3) is 0.133. The molecule has 0 aliphatic rings. The molecule has 0 saturated carbocycles. The second-order valence-corrected chi connectivity index (χ2v) is 5.74. The molecule has 0 bridgehead atoms. The van der Waals surface area contributed by atoms with Gasteiger partial charge in [0.25, 0.3) is 0 Å².